The quantitative estimate of drug-likeness (QED) is 0.827. The first kappa shape index (κ1) is 12.3. The van der Waals surface area contributed by atoms with Crippen LogP contribution in [0, 0.1) is 13.8 Å². The number of para-hydroxylation sites is 1. The minimum absolute atomic E-state index is 0.0804. The predicted molar refractivity (Wildman–Crippen MR) is 68.9 cm³/mol. The number of hydrogen-bond donors (Lipinski definition) is 2. The molecule has 1 heterocycles. The fraction of sp³-hybridized carbons (Fsp3) is 0.231. The summed E-state index contributed by atoms with van der Waals surface area (Å²) in [6.45, 7) is 3.90. The molecule has 0 spiro atoms. The Hall–Kier alpha value is -2.14. The van der Waals surface area contributed by atoms with E-state index in [9.17, 15) is 9.90 Å². The van der Waals surface area contributed by atoms with Gasteiger partial charge >= 0.3 is 0 Å². The number of aryl methyl sites for hydroxylation is 2. The highest BCUT2D eigenvalue weighted by molar-refractivity contribution is 5.46. The average molecular weight is 245 g/mol. The lowest BCUT2D eigenvalue weighted by molar-refractivity contribution is 0.457. The summed E-state index contributed by atoms with van der Waals surface area (Å²) in [6.07, 6.45) is 0. The van der Waals surface area contributed by atoms with Crippen molar-refractivity contribution in [3.63, 3.8) is 0 Å². The molecular formula is C13H15N3O2. The summed E-state index contributed by atoms with van der Waals surface area (Å²) in [7, 11) is 0. The van der Waals surface area contributed by atoms with Gasteiger partial charge < -0.3 is 10.8 Å². The van der Waals surface area contributed by atoms with Crippen LogP contribution in [0.1, 0.15) is 16.8 Å². The van der Waals surface area contributed by atoms with Gasteiger partial charge in [0.1, 0.15) is 11.4 Å². The number of benzene rings is 1. The third-order valence-corrected chi connectivity index (χ3v) is 2.83. The van der Waals surface area contributed by atoms with Crippen molar-refractivity contribution in [1.29, 1.82) is 0 Å². The van der Waals surface area contributed by atoms with Gasteiger partial charge in [0.05, 0.1) is 5.69 Å². The van der Waals surface area contributed by atoms with Gasteiger partial charge in [0, 0.05) is 12.6 Å². The zero-order chi connectivity index (χ0) is 13.3. The second-order valence-corrected chi connectivity index (χ2v) is 4.17. The molecule has 2 rings (SSSR count). The van der Waals surface area contributed by atoms with Crippen LogP contribution in [0.25, 0.3) is 5.69 Å². The van der Waals surface area contributed by atoms with Gasteiger partial charge in [-0.1, -0.05) is 18.2 Å². The topological polar surface area (TPSA) is 81.1 Å². The van der Waals surface area contributed by atoms with Gasteiger partial charge in [0.2, 0.25) is 0 Å². The summed E-state index contributed by atoms with van der Waals surface area (Å²) in [5, 5.41) is 13.7. The highest BCUT2D eigenvalue weighted by Crippen LogP contribution is 2.18. The molecule has 2 aromatic rings. The smallest absolute Gasteiger partial charge is 0.275 e. The molecule has 0 unspecified atom stereocenters. The zero-order valence-corrected chi connectivity index (χ0v) is 10.3. The zero-order valence-electron chi connectivity index (χ0n) is 10.3. The van der Waals surface area contributed by atoms with E-state index in [2.05, 4.69) is 5.10 Å². The molecule has 5 heteroatoms. The van der Waals surface area contributed by atoms with Gasteiger partial charge in [-0.05, 0) is 25.0 Å². The van der Waals surface area contributed by atoms with E-state index in [-0.39, 0.29) is 17.9 Å². The molecule has 0 amide bonds. The maximum atomic E-state index is 11.9. The van der Waals surface area contributed by atoms with Crippen molar-refractivity contribution in [2.75, 3.05) is 0 Å². The van der Waals surface area contributed by atoms with E-state index in [1.807, 2.05) is 32.0 Å². The molecule has 0 radical (unpaired) electrons. The normalized spacial score (nSPS) is 10.6. The van der Waals surface area contributed by atoms with Crippen LogP contribution < -0.4 is 11.3 Å². The van der Waals surface area contributed by atoms with Crippen LogP contribution >= 0.6 is 0 Å². The Balaban J connectivity index is 2.75. The van der Waals surface area contributed by atoms with Crippen LogP contribution in [0.2, 0.25) is 0 Å². The molecule has 0 saturated carbocycles. The summed E-state index contributed by atoms with van der Waals surface area (Å²) in [4.78, 5) is 11.9. The second-order valence-electron chi connectivity index (χ2n) is 4.17. The van der Waals surface area contributed by atoms with E-state index < -0.39 is 0 Å². The van der Waals surface area contributed by atoms with Crippen molar-refractivity contribution < 1.29 is 5.11 Å². The number of hydrogen-bond acceptors (Lipinski definition) is 4. The summed E-state index contributed by atoms with van der Waals surface area (Å²) in [5.74, 6) is -0.162. The maximum absolute atomic E-state index is 11.9. The molecule has 5 nitrogen and oxygen atoms in total. The van der Waals surface area contributed by atoms with E-state index in [1.54, 1.807) is 0 Å². The van der Waals surface area contributed by atoms with Crippen LogP contribution in [0.3, 0.4) is 0 Å². The lowest BCUT2D eigenvalue weighted by Gasteiger charge is -2.12. The van der Waals surface area contributed by atoms with E-state index in [4.69, 9.17) is 5.73 Å². The molecule has 1 aromatic carbocycles. The highest BCUT2D eigenvalue weighted by Gasteiger charge is 2.11. The molecule has 0 fully saturated rings. The fourth-order valence-corrected chi connectivity index (χ4v) is 1.93. The molecule has 0 aliphatic heterocycles. The summed E-state index contributed by atoms with van der Waals surface area (Å²) in [6, 6.07) is 6.88. The average Bonchev–Trinajstić information content (AvgIpc) is 2.31. The Morgan fingerprint density at radius 3 is 2.50 bits per heavy atom. The van der Waals surface area contributed by atoms with Crippen molar-refractivity contribution in [3.8, 4) is 11.4 Å². The summed E-state index contributed by atoms with van der Waals surface area (Å²) in [5.41, 5.74) is 8.04. The molecule has 94 valence electrons. The van der Waals surface area contributed by atoms with Crippen LogP contribution in [0.5, 0.6) is 5.75 Å². The van der Waals surface area contributed by atoms with Gasteiger partial charge in [0.15, 0.2) is 0 Å². The SMILES string of the molecule is Cc1cccc(C)c1-n1nc(CN)c(O)cc1=O. The molecule has 0 aliphatic rings. The van der Waals surface area contributed by atoms with E-state index in [0.717, 1.165) is 22.9 Å². The summed E-state index contributed by atoms with van der Waals surface area (Å²) >= 11 is 0. The van der Waals surface area contributed by atoms with Gasteiger partial charge in [-0.3, -0.25) is 4.79 Å². The monoisotopic (exact) mass is 245 g/mol. The van der Waals surface area contributed by atoms with Gasteiger partial charge in [-0.25, -0.2) is 0 Å². The lowest BCUT2D eigenvalue weighted by Crippen LogP contribution is -2.24. The van der Waals surface area contributed by atoms with Gasteiger partial charge in [-0.15, -0.1) is 0 Å². The van der Waals surface area contributed by atoms with Crippen molar-refractivity contribution >= 4 is 0 Å². The summed E-state index contributed by atoms with van der Waals surface area (Å²) < 4.78 is 1.28. The minimum Gasteiger partial charge on any atom is -0.506 e. The van der Waals surface area contributed by atoms with Crippen LogP contribution in [-0.2, 0) is 6.54 Å². The third-order valence-electron chi connectivity index (χ3n) is 2.83. The number of aromatic nitrogens is 2. The van der Waals surface area contributed by atoms with Crippen molar-refractivity contribution in [1.82, 2.24) is 9.78 Å². The van der Waals surface area contributed by atoms with Crippen LogP contribution in [-0.4, -0.2) is 14.9 Å². The number of rotatable bonds is 2. The first-order chi connectivity index (χ1) is 8.54. The van der Waals surface area contributed by atoms with E-state index >= 15 is 0 Å². The Kier molecular flexibility index (Phi) is 3.16. The van der Waals surface area contributed by atoms with E-state index in [1.165, 1.54) is 4.68 Å². The first-order valence-electron chi connectivity index (χ1n) is 5.63. The molecule has 3 N–H and O–H groups in total. The van der Waals surface area contributed by atoms with Crippen molar-refractivity contribution in [3.05, 3.63) is 51.4 Å². The maximum Gasteiger partial charge on any atom is 0.275 e. The van der Waals surface area contributed by atoms with Crippen molar-refractivity contribution in [2.45, 2.75) is 20.4 Å². The van der Waals surface area contributed by atoms with Crippen LogP contribution in [0.4, 0.5) is 0 Å². The number of nitrogens with two attached hydrogens (primary N) is 1. The van der Waals surface area contributed by atoms with E-state index in [0.29, 0.717) is 5.69 Å². The molecule has 0 atom stereocenters. The number of nitrogens with zero attached hydrogens (tertiary/aromatic N) is 2. The third kappa shape index (κ3) is 2.00. The second kappa shape index (κ2) is 4.62. The first-order valence-corrected chi connectivity index (χ1v) is 5.63. The number of aromatic hydroxyl groups is 1. The highest BCUT2D eigenvalue weighted by atomic mass is 16.3. The molecule has 0 saturated heterocycles. The lowest BCUT2D eigenvalue weighted by atomic mass is 10.1. The molecule has 0 aliphatic carbocycles. The minimum atomic E-state index is -0.373. The Morgan fingerprint density at radius 1 is 1.33 bits per heavy atom. The Labute approximate surface area is 104 Å². The van der Waals surface area contributed by atoms with Gasteiger partial charge in [0.25, 0.3) is 5.56 Å². The van der Waals surface area contributed by atoms with Crippen molar-refractivity contribution in [2.24, 2.45) is 5.73 Å². The van der Waals surface area contributed by atoms with Crippen LogP contribution in [0.15, 0.2) is 29.1 Å². The molecule has 18 heavy (non-hydrogen) atoms. The largest absolute Gasteiger partial charge is 0.506 e. The van der Waals surface area contributed by atoms with Gasteiger partial charge in [-0.2, -0.15) is 9.78 Å². The Bertz CT molecular complexity index is 627. The molecule has 0 bridgehead atoms. The fourth-order valence-electron chi connectivity index (χ4n) is 1.93. The predicted octanol–water partition coefficient (Wildman–Crippen LogP) is 1.01. The standard InChI is InChI=1S/C13H15N3O2/c1-8-4-3-5-9(2)13(8)16-12(18)6-11(17)10(7-14)15-16/h3-6,17H,7,14H2,1-2H3. The Morgan fingerprint density at radius 2 is 1.94 bits per heavy atom. The molecule has 1 aromatic heterocycles. The molecular weight excluding hydrogens is 230 g/mol.